The molecule has 2 unspecified atom stereocenters. The van der Waals surface area contributed by atoms with Crippen LogP contribution in [0.3, 0.4) is 0 Å². The summed E-state index contributed by atoms with van der Waals surface area (Å²) in [7, 11) is 3.40. The second-order valence-electron chi connectivity index (χ2n) is 7.98. The van der Waals surface area contributed by atoms with Gasteiger partial charge in [-0.15, -0.1) is 0 Å². The Balaban J connectivity index is 1.55. The number of nitrogens with zero attached hydrogens (tertiary/aromatic N) is 5. The summed E-state index contributed by atoms with van der Waals surface area (Å²) in [6.07, 6.45) is 4.11. The van der Waals surface area contributed by atoms with Crippen LogP contribution in [0, 0.1) is 0 Å². The molecule has 1 saturated heterocycles. The van der Waals surface area contributed by atoms with Crippen molar-refractivity contribution in [3.63, 3.8) is 0 Å². The number of amides is 3. The van der Waals surface area contributed by atoms with Gasteiger partial charge in [0.25, 0.3) is 5.91 Å². The van der Waals surface area contributed by atoms with Crippen LogP contribution in [-0.4, -0.2) is 83.6 Å². The fraction of sp³-hybridized carbons (Fsp3) is 0.435. The molecule has 1 aromatic carbocycles. The zero-order valence-electron chi connectivity index (χ0n) is 18.5. The number of urea groups is 1. The highest BCUT2D eigenvalue weighted by Gasteiger charge is 2.55. The molecule has 3 aliphatic rings. The second-order valence-corrected chi connectivity index (χ2v) is 7.98. The zero-order chi connectivity index (χ0) is 22.1. The van der Waals surface area contributed by atoms with Crippen LogP contribution in [0.25, 0.3) is 6.08 Å². The molecule has 0 bridgehead atoms. The number of ether oxygens (including phenoxy) is 1. The number of imide groups is 1. The fourth-order valence-electron chi connectivity index (χ4n) is 4.34. The summed E-state index contributed by atoms with van der Waals surface area (Å²) in [4.78, 5) is 38.2. The summed E-state index contributed by atoms with van der Waals surface area (Å²) >= 11 is 0. The van der Waals surface area contributed by atoms with Gasteiger partial charge in [0.1, 0.15) is 0 Å². The number of likely N-dealkylation sites (N-methyl/N-ethyl adjacent to an activating group) is 1. The van der Waals surface area contributed by atoms with E-state index in [4.69, 9.17) is 9.73 Å². The average Bonchev–Trinajstić information content (AvgIpc) is 3.27. The maximum atomic E-state index is 13.4. The van der Waals surface area contributed by atoms with Crippen LogP contribution >= 0.6 is 0 Å². The molecule has 8 heteroatoms. The third kappa shape index (κ3) is 3.61. The maximum Gasteiger partial charge on any atom is 0.328 e. The molecule has 3 aliphatic heterocycles. The smallest absolute Gasteiger partial charge is 0.328 e. The van der Waals surface area contributed by atoms with Gasteiger partial charge in [0.15, 0.2) is 12.2 Å². The van der Waals surface area contributed by atoms with Crippen LogP contribution in [0.2, 0.25) is 0 Å². The monoisotopic (exact) mass is 423 g/mol. The van der Waals surface area contributed by atoms with Gasteiger partial charge in [-0.25, -0.2) is 9.79 Å². The van der Waals surface area contributed by atoms with E-state index in [0.29, 0.717) is 6.61 Å². The molecule has 8 nitrogen and oxygen atoms in total. The lowest BCUT2D eigenvalue weighted by atomic mass is 10.1. The van der Waals surface area contributed by atoms with Gasteiger partial charge in [-0.1, -0.05) is 42.5 Å². The van der Waals surface area contributed by atoms with Crippen molar-refractivity contribution in [2.24, 2.45) is 4.99 Å². The Hall–Kier alpha value is -3.13. The van der Waals surface area contributed by atoms with E-state index in [0.717, 1.165) is 35.9 Å². The van der Waals surface area contributed by atoms with Crippen molar-refractivity contribution in [2.45, 2.75) is 32.5 Å². The maximum absolute atomic E-state index is 13.4. The summed E-state index contributed by atoms with van der Waals surface area (Å²) in [6, 6.07) is 8.97. The molecule has 0 radical (unpaired) electrons. The Labute approximate surface area is 183 Å². The van der Waals surface area contributed by atoms with Crippen molar-refractivity contribution >= 4 is 24.0 Å². The zero-order valence-corrected chi connectivity index (χ0v) is 18.5. The first-order chi connectivity index (χ1) is 15.0. The molecular weight excluding hydrogens is 394 g/mol. The van der Waals surface area contributed by atoms with E-state index in [1.165, 1.54) is 4.90 Å². The number of allylic oxidation sites excluding steroid dienone is 2. The van der Waals surface area contributed by atoms with Gasteiger partial charge >= 0.3 is 6.03 Å². The molecule has 0 spiro atoms. The van der Waals surface area contributed by atoms with Crippen molar-refractivity contribution in [1.82, 2.24) is 19.6 Å². The fourth-order valence-corrected chi connectivity index (χ4v) is 4.34. The van der Waals surface area contributed by atoms with Gasteiger partial charge in [0.05, 0.1) is 0 Å². The molecule has 0 aromatic heterocycles. The number of methoxy groups -OCH3 is 1. The number of carbonyl (C=O) groups is 2. The Kier molecular flexibility index (Phi) is 5.82. The minimum Gasteiger partial charge on any atom is -0.385 e. The largest absolute Gasteiger partial charge is 0.385 e. The first-order valence-corrected chi connectivity index (χ1v) is 10.6. The van der Waals surface area contributed by atoms with Gasteiger partial charge in [-0.3, -0.25) is 14.6 Å². The van der Waals surface area contributed by atoms with Crippen molar-refractivity contribution in [3.05, 3.63) is 53.4 Å². The molecule has 31 heavy (non-hydrogen) atoms. The van der Waals surface area contributed by atoms with Gasteiger partial charge in [0, 0.05) is 45.2 Å². The highest BCUT2D eigenvalue weighted by Crippen LogP contribution is 2.37. The first-order valence-electron chi connectivity index (χ1n) is 10.6. The third-order valence-electron chi connectivity index (χ3n) is 6.13. The van der Waals surface area contributed by atoms with E-state index < -0.39 is 12.2 Å². The van der Waals surface area contributed by atoms with E-state index in [9.17, 15) is 9.59 Å². The predicted octanol–water partition coefficient (Wildman–Crippen LogP) is 2.56. The minimum absolute atomic E-state index is 0.213. The van der Waals surface area contributed by atoms with Gasteiger partial charge in [-0.2, -0.15) is 0 Å². The molecule has 1 fully saturated rings. The van der Waals surface area contributed by atoms with Crippen LogP contribution in [0.5, 0.6) is 0 Å². The van der Waals surface area contributed by atoms with Crippen molar-refractivity contribution in [1.29, 1.82) is 0 Å². The molecule has 4 rings (SSSR count). The number of hydrogen-bond acceptors (Lipinski definition) is 6. The Morgan fingerprint density at radius 2 is 1.84 bits per heavy atom. The van der Waals surface area contributed by atoms with E-state index in [1.807, 2.05) is 61.2 Å². The summed E-state index contributed by atoms with van der Waals surface area (Å²) in [5.41, 5.74) is 3.11. The van der Waals surface area contributed by atoms with Crippen molar-refractivity contribution in [2.75, 3.05) is 33.9 Å². The highest BCUT2D eigenvalue weighted by atomic mass is 16.5. The number of carbonyl (C=O) groups excluding carboxylic acids is 2. The lowest BCUT2D eigenvalue weighted by molar-refractivity contribution is -0.136. The molecule has 1 aromatic rings. The van der Waals surface area contributed by atoms with E-state index in [2.05, 4.69) is 4.90 Å². The normalized spacial score (nSPS) is 23.3. The molecule has 3 amide bonds. The lowest BCUT2D eigenvalue weighted by Crippen LogP contribution is -2.64. The van der Waals surface area contributed by atoms with E-state index in [-0.39, 0.29) is 18.5 Å². The molecule has 0 saturated carbocycles. The first kappa shape index (κ1) is 21.1. The van der Waals surface area contributed by atoms with Crippen LogP contribution in [0.1, 0.15) is 25.8 Å². The number of fused-ring (bicyclic) bond motifs is 3. The number of rotatable bonds is 7. The van der Waals surface area contributed by atoms with Crippen molar-refractivity contribution in [3.8, 4) is 0 Å². The quantitative estimate of drug-likeness (QED) is 0.631. The van der Waals surface area contributed by atoms with Crippen LogP contribution in [0.15, 0.2) is 52.8 Å². The lowest BCUT2D eigenvalue weighted by Gasteiger charge is -2.40. The third-order valence-corrected chi connectivity index (χ3v) is 6.13. The topological polar surface area (TPSA) is 68.7 Å². The molecule has 3 heterocycles. The number of guanidine groups is 1. The number of hydrogen-bond donors (Lipinski definition) is 0. The Morgan fingerprint density at radius 3 is 2.55 bits per heavy atom. The highest BCUT2D eigenvalue weighted by molar-refractivity contribution is 6.05. The summed E-state index contributed by atoms with van der Waals surface area (Å²) in [5.74, 6) is 0.534. The van der Waals surface area contributed by atoms with Gasteiger partial charge in [-0.05, 0) is 25.8 Å². The Bertz CT molecular complexity index is 955. The summed E-state index contributed by atoms with van der Waals surface area (Å²) < 4.78 is 5.19. The second kappa shape index (κ2) is 8.55. The number of benzene rings is 1. The molecular formula is C23H29N5O3. The standard InChI is InChI=1S/C23H29N5O3/c1-16-17(2)28-19-20(24-22(28)26(16)14-9-15-31-4)25(3)23(30)27(21(19)29)13-8-12-18-10-6-5-7-11-18/h5-8,10-12,19-20H,9,13-15H2,1-4H3/b12-8+. The molecule has 0 aliphatic carbocycles. The van der Waals surface area contributed by atoms with Crippen LogP contribution in [-0.2, 0) is 9.53 Å². The SMILES string of the molecule is COCCCN1C2=NC3C(C(=O)N(C/C=C/c4ccccc4)C(=O)N3C)N2C(C)=C1C. The summed E-state index contributed by atoms with van der Waals surface area (Å²) in [6.45, 7) is 5.68. The van der Waals surface area contributed by atoms with Crippen LogP contribution in [0.4, 0.5) is 4.79 Å². The predicted molar refractivity (Wildman–Crippen MR) is 119 cm³/mol. The van der Waals surface area contributed by atoms with Crippen molar-refractivity contribution < 1.29 is 14.3 Å². The van der Waals surface area contributed by atoms with E-state index >= 15 is 0 Å². The minimum atomic E-state index is -0.537. The molecule has 2 atom stereocenters. The van der Waals surface area contributed by atoms with E-state index in [1.54, 1.807) is 19.1 Å². The average molecular weight is 424 g/mol. The molecule has 164 valence electrons. The van der Waals surface area contributed by atoms with Gasteiger partial charge in [0.2, 0.25) is 5.96 Å². The Morgan fingerprint density at radius 1 is 1.10 bits per heavy atom. The van der Waals surface area contributed by atoms with Crippen LogP contribution < -0.4 is 0 Å². The van der Waals surface area contributed by atoms with Gasteiger partial charge < -0.3 is 14.5 Å². The summed E-state index contributed by atoms with van der Waals surface area (Å²) in [5, 5.41) is 0. The number of aliphatic imine (C=N–C) groups is 1. The molecule has 0 N–H and O–H groups in total.